The van der Waals surface area contributed by atoms with E-state index in [1.54, 1.807) is 13.8 Å². The zero-order valence-electron chi connectivity index (χ0n) is 35.0. The van der Waals surface area contributed by atoms with Crippen molar-refractivity contribution in [1.82, 2.24) is 47.1 Å². The lowest BCUT2D eigenvalue weighted by molar-refractivity contribution is -0.146. The fourth-order valence-corrected chi connectivity index (χ4v) is 9.07. The standard InChI is InChI=1S/C39H53N9O15S/c1-4-16(2)31-36(60)41-11-28(53)42-25-15-64(63)38-21(20-6-5-18(50)7-22(20)45-38)9-23(33(57)40-12-29(54)46-31)43-37(61)32(17(3)27(52)14-49)47-35(59)26-8-19(51)13-48(26)39(62)24(10-30(55)56)44-34(25)58/h5-7,16-17,19,23-27,31-32,45,49-52H,4,8-15H2,1-3H3,(H,40,57)(H,41,60)(H,42,53)(H,43,61)(H,44,58)(H,46,54)(H,47,59)(H,55,56)/t16-,17-,19+,23-,24-,25+,26-,27-,31-,32-,64+/m0/s1. The molecule has 3 aliphatic rings. The van der Waals surface area contributed by atoms with Crippen molar-refractivity contribution in [2.75, 3.05) is 32.0 Å². The number of nitrogens with zero attached hydrogens (tertiary/aromatic N) is 1. The van der Waals surface area contributed by atoms with Crippen molar-refractivity contribution in [2.24, 2.45) is 11.8 Å². The molecular weight excluding hydrogens is 867 g/mol. The van der Waals surface area contributed by atoms with E-state index in [1.807, 2.05) is 0 Å². The number of H-pyrrole nitrogens is 1. The maximum Gasteiger partial charge on any atom is 0.305 e. The number of nitrogens with one attached hydrogen (secondary N) is 8. The van der Waals surface area contributed by atoms with Crippen LogP contribution in [0.2, 0.25) is 0 Å². The first-order valence-electron chi connectivity index (χ1n) is 20.5. The number of rotatable bonds is 7. The number of amides is 8. The van der Waals surface area contributed by atoms with Crippen LogP contribution >= 0.6 is 0 Å². The molecular formula is C39H53N9O15S. The fourth-order valence-electron chi connectivity index (χ4n) is 7.67. The largest absolute Gasteiger partial charge is 0.508 e. The van der Waals surface area contributed by atoms with Crippen molar-refractivity contribution in [1.29, 1.82) is 0 Å². The number of aromatic nitrogens is 1. The summed E-state index contributed by atoms with van der Waals surface area (Å²) in [7, 11) is -2.41. The molecule has 11 atom stereocenters. The lowest BCUT2D eigenvalue weighted by Gasteiger charge is -2.32. The second-order valence-corrected chi connectivity index (χ2v) is 17.5. The number of hydrogen-bond acceptors (Lipinski definition) is 14. The van der Waals surface area contributed by atoms with E-state index >= 15 is 0 Å². The molecule has 350 valence electrons. The number of carbonyl (C=O) groups excluding carboxylic acids is 8. The van der Waals surface area contributed by atoms with E-state index in [-0.39, 0.29) is 27.2 Å². The molecule has 3 aliphatic heterocycles. The van der Waals surface area contributed by atoms with Crippen LogP contribution in [0.25, 0.3) is 10.9 Å². The Morgan fingerprint density at radius 2 is 1.53 bits per heavy atom. The third-order valence-electron chi connectivity index (χ3n) is 11.5. The van der Waals surface area contributed by atoms with E-state index in [2.05, 4.69) is 42.2 Å². The summed E-state index contributed by atoms with van der Waals surface area (Å²) in [5.41, 5.74) is 0.220. The summed E-state index contributed by atoms with van der Waals surface area (Å²) in [5.74, 6) is -12.9. The highest BCUT2D eigenvalue weighted by molar-refractivity contribution is 7.85. The minimum absolute atomic E-state index is 0.0635. The van der Waals surface area contributed by atoms with Crippen molar-refractivity contribution in [3.05, 3.63) is 23.8 Å². The summed E-state index contributed by atoms with van der Waals surface area (Å²) in [6.07, 6.45) is -4.74. The van der Waals surface area contributed by atoms with Gasteiger partial charge in [0.2, 0.25) is 47.3 Å². The predicted octanol–water partition coefficient (Wildman–Crippen LogP) is -5.32. The molecule has 0 saturated carbocycles. The van der Waals surface area contributed by atoms with Gasteiger partial charge in [-0.3, -0.25) is 47.4 Å². The number of aromatic hydroxyl groups is 1. The molecule has 0 unspecified atom stereocenters. The van der Waals surface area contributed by atoms with Crippen LogP contribution in [0.15, 0.2) is 23.2 Å². The van der Waals surface area contributed by atoms with Crippen molar-refractivity contribution >= 4 is 74.9 Å². The van der Waals surface area contributed by atoms with E-state index in [0.29, 0.717) is 6.42 Å². The third kappa shape index (κ3) is 11.5. The monoisotopic (exact) mass is 919 g/mol. The van der Waals surface area contributed by atoms with Gasteiger partial charge in [-0.15, -0.1) is 0 Å². The molecule has 1 aromatic heterocycles. The van der Waals surface area contributed by atoms with Gasteiger partial charge in [0.05, 0.1) is 60.4 Å². The van der Waals surface area contributed by atoms with Crippen LogP contribution in [-0.2, 0) is 60.4 Å². The number of carboxylic acids is 1. The number of carboxylic acid groups (broad SMARTS) is 1. The van der Waals surface area contributed by atoms with Crippen LogP contribution in [0, 0.1) is 11.8 Å². The van der Waals surface area contributed by atoms with Crippen LogP contribution in [-0.4, -0.2) is 173 Å². The molecule has 0 radical (unpaired) electrons. The number of fused-ring (bicyclic) bond motifs is 5. The number of aliphatic carboxylic acids is 1. The SMILES string of the molecule is CC[C@H](C)[C@@H]1NC(=O)CNC(=O)[C@@H]2Cc3c([nH]c4cc(O)ccc34)[S@](=O)C[C@@H](NC(=O)CNC1=O)C(=O)N[C@@H](CC(=O)O)C(=O)N1C[C@H](O)C[C@H]1C(=O)N[C@@H]([C@@H](C)[C@@H](O)CO)C(=O)N2. The Bertz CT molecular complexity index is 2200. The Morgan fingerprint density at radius 3 is 2.19 bits per heavy atom. The minimum atomic E-state index is -2.41. The molecule has 1 fully saturated rings. The molecule has 5 rings (SSSR count). The molecule has 24 nitrogen and oxygen atoms in total. The van der Waals surface area contributed by atoms with Crippen molar-refractivity contribution < 1.29 is 72.9 Å². The van der Waals surface area contributed by atoms with Gasteiger partial charge in [0, 0.05) is 36.8 Å². The van der Waals surface area contributed by atoms with E-state index in [4.69, 9.17) is 0 Å². The number of carbonyl (C=O) groups is 9. The number of aliphatic hydroxyl groups is 3. The number of phenols is 1. The third-order valence-corrected chi connectivity index (χ3v) is 12.9. The first-order valence-corrected chi connectivity index (χ1v) is 21.8. The van der Waals surface area contributed by atoms with Crippen LogP contribution in [0.4, 0.5) is 0 Å². The van der Waals surface area contributed by atoms with E-state index < -0.39 is 176 Å². The highest BCUT2D eigenvalue weighted by Gasteiger charge is 2.45. The van der Waals surface area contributed by atoms with E-state index in [9.17, 15) is 72.9 Å². The Hall–Kier alpha value is -6.18. The van der Waals surface area contributed by atoms with Gasteiger partial charge in [-0.2, -0.15) is 0 Å². The van der Waals surface area contributed by atoms with Gasteiger partial charge < -0.3 is 72.6 Å². The summed E-state index contributed by atoms with van der Waals surface area (Å²) >= 11 is 0. The Kier molecular flexibility index (Phi) is 16.0. The van der Waals surface area contributed by atoms with Crippen molar-refractivity contribution in [3.63, 3.8) is 0 Å². The molecule has 64 heavy (non-hydrogen) atoms. The number of aromatic amines is 1. The molecule has 25 heteroatoms. The average Bonchev–Trinajstić information content (AvgIpc) is 3.82. The predicted molar refractivity (Wildman–Crippen MR) is 221 cm³/mol. The zero-order valence-corrected chi connectivity index (χ0v) is 35.9. The summed E-state index contributed by atoms with van der Waals surface area (Å²) < 4.78 is 14.5. The Labute approximate surface area is 367 Å². The maximum absolute atomic E-state index is 14.5. The molecule has 0 spiro atoms. The second-order valence-electron chi connectivity index (χ2n) is 16.1. The van der Waals surface area contributed by atoms with Gasteiger partial charge in [-0.25, -0.2) is 0 Å². The molecule has 1 aromatic carbocycles. The van der Waals surface area contributed by atoms with Gasteiger partial charge >= 0.3 is 5.97 Å². The zero-order chi connectivity index (χ0) is 47.2. The lowest BCUT2D eigenvalue weighted by Crippen LogP contribution is -2.62. The van der Waals surface area contributed by atoms with Crippen LogP contribution < -0.4 is 37.2 Å². The number of aliphatic hydroxyl groups excluding tert-OH is 3. The topological polar surface area (TPSA) is 375 Å². The Balaban J connectivity index is 1.73. The van der Waals surface area contributed by atoms with E-state index in [1.165, 1.54) is 25.1 Å². The van der Waals surface area contributed by atoms with E-state index in [0.717, 1.165) is 4.90 Å². The molecule has 4 heterocycles. The highest BCUT2D eigenvalue weighted by Crippen LogP contribution is 2.30. The van der Waals surface area contributed by atoms with Crippen LogP contribution in [0.3, 0.4) is 0 Å². The van der Waals surface area contributed by atoms with Crippen LogP contribution in [0.1, 0.15) is 45.6 Å². The molecule has 13 N–H and O–H groups in total. The smallest absolute Gasteiger partial charge is 0.305 e. The van der Waals surface area contributed by atoms with Gasteiger partial charge in [-0.05, 0) is 23.6 Å². The van der Waals surface area contributed by atoms with Gasteiger partial charge in [0.25, 0.3) is 0 Å². The molecule has 2 bridgehead atoms. The molecule has 1 saturated heterocycles. The average molecular weight is 920 g/mol. The van der Waals surface area contributed by atoms with Gasteiger partial charge in [0.15, 0.2) is 0 Å². The second kappa shape index (κ2) is 21.0. The number of hydrogen-bond donors (Lipinski definition) is 13. The van der Waals surface area contributed by atoms with Gasteiger partial charge in [-0.1, -0.05) is 27.2 Å². The lowest BCUT2D eigenvalue weighted by atomic mass is 9.93. The molecule has 2 aromatic rings. The summed E-state index contributed by atoms with van der Waals surface area (Å²) in [6.45, 7) is 1.64. The minimum Gasteiger partial charge on any atom is -0.508 e. The summed E-state index contributed by atoms with van der Waals surface area (Å²) in [4.78, 5) is 127. The first kappa shape index (κ1) is 48.8. The van der Waals surface area contributed by atoms with Gasteiger partial charge in [0.1, 0.15) is 47.0 Å². The van der Waals surface area contributed by atoms with Crippen molar-refractivity contribution in [3.8, 4) is 5.75 Å². The van der Waals surface area contributed by atoms with Crippen molar-refractivity contribution in [2.45, 2.75) is 99.9 Å². The Morgan fingerprint density at radius 1 is 0.859 bits per heavy atom. The normalized spacial score (nSPS) is 28.5. The number of benzene rings is 1. The molecule has 0 aliphatic carbocycles. The fraction of sp³-hybridized carbons (Fsp3) is 0.564. The summed E-state index contributed by atoms with van der Waals surface area (Å²) in [5, 5.41) is 68.3. The first-order chi connectivity index (χ1) is 30.2. The summed E-state index contributed by atoms with van der Waals surface area (Å²) in [6, 6.07) is -6.28. The number of phenolic OH excluding ortho intramolecular Hbond substituents is 1. The van der Waals surface area contributed by atoms with Crippen LogP contribution in [0.5, 0.6) is 5.75 Å². The highest BCUT2D eigenvalue weighted by atomic mass is 32.2. The quantitative estimate of drug-likeness (QED) is 0.123. The maximum atomic E-state index is 14.5. The molecule has 8 amide bonds.